The van der Waals surface area contributed by atoms with Gasteiger partial charge in [0.1, 0.15) is 6.29 Å². The molecule has 4 nitrogen and oxygen atoms in total. The Morgan fingerprint density at radius 1 is 1.27 bits per heavy atom. The maximum Gasteiger partial charge on any atom is 0.251 e. The fraction of sp³-hybridized carbons (Fsp3) is 0.500. The van der Waals surface area contributed by atoms with E-state index in [1.54, 1.807) is 6.21 Å². The molecule has 3 aliphatic rings. The molecule has 2 aliphatic carbocycles. The molecule has 1 amide bonds. The minimum atomic E-state index is 0.0107. The van der Waals surface area contributed by atoms with E-state index < -0.39 is 0 Å². The summed E-state index contributed by atoms with van der Waals surface area (Å²) in [6.07, 6.45) is 16.2. The summed E-state index contributed by atoms with van der Waals surface area (Å²) in [5, 5.41) is 3.16. The number of hydrogen-bond donors (Lipinski definition) is 1. The smallest absolute Gasteiger partial charge is 0.251 e. The van der Waals surface area contributed by atoms with Crippen LogP contribution in [0.15, 0.2) is 40.4 Å². The summed E-state index contributed by atoms with van der Waals surface area (Å²) in [4.78, 5) is 27.6. The molecule has 1 atom stereocenters. The zero-order chi connectivity index (χ0) is 15.4. The molecule has 1 N–H and O–H groups in total. The highest BCUT2D eigenvalue weighted by Crippen LogP contribution is 2.28. The van der Waals surface area contributed by atoms with Crippen molar-refractivity contribution in [3.8, 4) is 0 Å². The summed E-state index contributed by atoms with van der Waals surface area (Å²) in [6.45, 7) is 0. The number of rotatable bonds is 4. The first kappa shape index (κ1) is 14.9. The summed E-state index contributed by atoms with van der Waals surface area (Å²) in [5.74, 6) is 0.513. The lowest BCUT2D eigenvalue weighted by Gasteiger charge is -2.29. The van der Waals surface area contributed by atoms with Crippen LogP contribution in [0.2, 0.25) is 0 Å². The first-order valence-corrected chi connectivity index (χ1v) is 8.13. The van der Waals surface area contributed by atoms with Gasteiger partial charge in [-0.15, -0.1) is 0 Å². The lowest BCUT2D eigenvalue weighted by atomic mass is 9.84. The van der Waals surface area contributed by atoms with E-state index in [1.807, 2.05) is 24.3 Å². The zero-order valence-electron chi connectivity index (χ0n) is 12.7. The molecule has 1 saturated carbocycles. The molecule has 1 fully saturated rings. The van der Waals surface area contributed by atoms with Crippen molar-refractivity contribution in [3.05, 3.63) is 35.5 Å². The largest absolute Gasteiger partial charge is 0.349 e. The van der Waals surface area contributed by atoms with E-state index in [4.69, 9.17) is 0 Å². The SMILES string of the molecule is O=CCC1CCC(NC(=O)C2=C3C=CC=NC3CC=C2)CC1. The number of carbonyl (C=O) groups excluding carboxylic acids is 2. The number of carbonyl (C=O) groups is 2. The second kappa shape index (κ2) is 6.86. The molecule has 1 heterocycles. The lowest BCUT2D eigenvalue weighted by Crippen LogP contribution is -2.39. The van der Waals surface area contributed by atoms with Crippen molar-refractivity contribution >= 4 is 18.4 Å². The number of fused-ring (bicyclic) bond motifs is 1. The van der Waals surface area contributed by atoms with Gasteiger partial charge >= 0.3 is 0 Å². The van der Waals surface area contributed by atoms with E-state index >= 15 is 0 Å². The predicted molar refractivity (Wildman–Crippen MR) is 86.8 cm³/mol. The number of aldehydes is 1. The summed E-state index contributed by atoms with van der Waals surface area (Å²) >= 11 is 0. The fourth-order valence-corrected chi connectivity index (χ4v) is 3.51. The van der Waals surface area contributed by atoms with Gasteiger partial charge in [-0.1, -0.05) is 18.2 Å². The minimum Gasteiger partial charge on any atom is -0.349 e. The Morgan fingerprint density at radius 3 is 2.86 bits per heavy atom. The Labute approximate surface area is 131 Å². The maximum atomic E-state index is 12.6. The van der Waals surface area contributed by atoms with E-state index in [9.17, 15) is 9.59 Å². The Bertz CT molecular complexity index is 564. The van der Waals surface area contributed by atoms with E-state index in [0.29, 0.717) is 12.3 Å². The van der Waals surface area contributed by atoms with Gasteiger partial charge in [0, 0.05) is 24.3 Å². The van der Waals surface area contributed by atoms with Gasteiger partial charge in [0.25, 0.3) is 5.91 Å². The standard InChI is InChI=1S/C18H22N2O2/c21-12-10-13-6-8-14(9-7-13)20-18(22)16-3-1-5-17-15(16)4-2-11-19-17/h1-4,11-14,17H,5-10H2,(H,20,22). The van der Waals surface area contributed by atoms with Crippen LogP contribution in [-0.2, 0) is 9.59 Å². The summed E-state index contributed by atoms with van der Waals surface area (Å²) in [6, 6.07) is 0.326. The molecule has 3 rings (SSSR count). The lowest BCUT2D eigenvalue weighted by molar-refractivity contribution is -0.118. The number of dihydropyridines is 1. The van der Waals surface area contributed by atoms with Gasteiger partial charge in [0.15, 0.2) is 0 Å². The highest BCUT2D eigenvalue weighted by molar-refractivity contribution is 5.98. The molecule has 0 bridgehead atoms. The van der Waals surface area contributed by atoms with Crippen LogP contribution in [0.25, 0.3) is 0 Å². The van der Waals surface area contributed by atoms with Crippen molar-refractivity contribution < 1.29 is 9.59 Å². The number of amides is 1. The molecule has 0 aromatic rings. The zero-order valence-corrected chi connectivity index (χ0v) is 12.7. The van der Waals surface area contributed by atoms with Gasteiger partial charge in [-0.25, -0.2) is 0 Å². The van der Waals surface area contributed by atoms with E-state index in [-0.39, 0.29) is 18.0 Å². The maximum absolute atomic E-state index is 12.6. The second-order valence-electron chi connectivity index (χ2n) is 6.27. The number of allylic oxidation sites excluding steroid dienone is 1. The van der Waals surface area contributed by atoms with Crippen LogP contribution in [0.1, 0.15) is 38.5 Å². The topological polar surface area (TPSA) is 58.5 Å². The van der Waals surface area contributed by atoms with Crippen LogP contribution in [-0.4, -0.2) is 30.5 Å². The number of aliphatic imine (C=N–C) groups is 1. The molecule has 0 aromatic heterocycles. The third-order valence-corrected chi connectivity index (χ3v) is 4.80. The molecule has 0 aromatic carbocycles. The minimum absolute atomic E-state index is 0.0107. The van der Waals surface area contributed by atoms with Gasteiger partial charge in [0.2, 0.25) is 0 Å². The molecule has 1 aliphatic heterocycles. The van der Waals surface area contributed by atoms with Crippen LogP contribution in [0, 0.1) is 5.92 Å². The molecule has 0 spiro atoms. The van der Waals surface area contributed by atoms with Crippen molar-refractivity contribution in [2.24, 2.45) is 10.9 Å². The number of nitrogens with one attached hydrogen (secondary N) is 1. The molecule has 1 unspecified atom stereocenters. The van der Waals surface area contributed by atoms with Gasteiger partial charge in [-0.3, -0.25) is 9.79 Å². The number of nitrogens with zero attached hydrogens (tertiary/aromatic N) is 1. The van der Waals surface area contributed by atoms with Crippen LogP contribution in [0.3, 0.4) is 0 Å². The summed E-state index contributed by atoms with van der Waals surface area (Å²) < 4.78 is 0. The molecule has 22 heavy (non-hydrogen) atoms. The van der Waals surface area contributed by atoms with E-state index in [1.165, 1.54) is 0 Å². The normalized spacial score (nSPS) is 30.1. The first-order valence-electron chi connectivity index (χ1n) is 8.13. The Kier molecular flexibility index (Phi) is 4.66. The highest BCUT2D eigenvalue weighted by Gasteiger charge is 2.26. The van der Waals surface area contributed by atoms with Crippen LogP contribution < -0.4 is 5.32 Å². The van der Waals surface area contributed by atoms with Gasteiger partial charge < -0.3 is 10.1 Å². The molecular weight excluding hydrogens is 276 g/mol. The van der Waals surface area contributed by atoms with Crippen LogP contribution in [0.5, 0.6) is 0 Å². The predicted octanol–water partition coefficient (Wildman–Crippen LogP) is 2.52. The van der Waals surface area contributed by atoms with E-state index in [0.717, 1.165) is 49.5 Å². The monoisotopic (exact) mass is 298 g/mol. The van der Waals surface area contributed by atoms with Crippen LogP contribution in [0.4, 0.5) is 0 Å². The highest BCUT2D eigenvalue weighted by atomic mass is 16.1. The summed E-state index contributed by atoms with van der Waals surface area (Å²) in [5.41, 5.74) is 1.77. The third kappa shape index (κ3) is 3.26. The Balaban J connectivity index is 1.62. The van der Waals surface area contributed by atoms with Crippen molar-refractivity contribution in [2.75, 3.05) is 0 Å². The Hall–Kier alpha value is -1.97. The Morgan fingerprint density at radius 2 is 2.09 bits per heavy atom. The summed E-state index contributed by atoms with van der Waals surface area (Å²) in [7, 11) is 0. The average Bonchev–Trinajstić information content (AvgIpc) is 2.56. The van der Waals surface area contributed by atoms with Crippen molar-refractivity contribution in [3.63, 3.8) is 0 Å². The van der Waals surface area contributed by atoms with E-state index in [2.05, 4.69) is 10.3 Å². The fourth-order valence-electron chi connectivity index (χ4n) is 3.51. The van der Waals surface area contributed by atoms with Gasteiger partial charge in [-0.05, 0) is 49.7 Å². The van der Waals surface area contributed by atoms with Crippen LogP contribution >= 0.6 is 0 Å². The van der Waals surface area contributed by atoms with Crippen molar-refractivity contribution in [1.29, 1.82) is 0 Å². The van der Waals surface area contributed by atoms with Crippen molar-refractivity contribution in [2.45, 2.75) is 50.6 Å². The first-order chi connectivity index (χ1) is 10.8. The average molecular weight is 298 g/mol. The molecule has 0 saturated heterocycles. The third-order valence-electron chi connectivity index (χ3n) is 4.80. The molecule has 116 valence electrons. The van der Waals surface area contributed by atoms with Gasteiger partial charge in [0.05, 0.1) is 6.04 Å². The quantitative estimate of drug-likeness (QED) is 0.811. The van der Waals surface area contributed by atoms with Crippen molar-refractivity contribution in [1.82, 2.24) is 5.32 Å². The molecule has 0 radical (unpaired) electrons. The number of hydrogen-bond acceptors (Lipinski definition) is 3. The molecule has 4 heteroatoms. The molecular formula is C18H22N2O2. The van der Waals surface area contributed by atoms with Gasteiger partial charge in [-0.2, -0.15) is 0 Å². The second-order valence-corrected chi connectivity index (χ2v) is 6.27.